The van der Waals surface area contributed by atoms with Crippen molar-refractivity contribution < 1.29 is 9.59 Å². The molecule has 0 aromatic heterocycles. The van der Waals surface area contributed by atoms with Crippen LogP contribution in [0, 0.1) is 6.92 Å². The Balaban J connectivity index is 1.64. The lowest BCUT2D eigenvalue weighted by Gasteiger charge is -2.32. The van der Waals surface area contributed by atoms with E-state index in [1.54, 1.807) is 11.8 Å². The second-order valence-electron chi connectivity index (χ2n) is 9.07. The van der Waals surface area contributed by atoms with Gasteiger partial charge in [-0.1, -0.05) is 86.3 Å². The van der Waals surface area contributed by atoms with Gasteiger partial charge in [-0.2, -0.15) is 0 Å². The highest BCUT2D eigenvalue weighted by Crippen LogP contribution is 2.19. The summed E-state index contributed by atoms with van der Waals surface area (Å²) in [5, 5.41) is 3.25. The standard InChI is InChI=1S/C28H38N2O2S/c1-3-26(28(32)29-25-12-8-5-9-13-25)30(19-18-23-10-6-4-7-11-23)27(31)21-33-20-24-16-14-22(2)15-17-24/h4,6-7,10-11,14-17,25-26H,3,5,8-9,12-13,18-21H2,1-2H3,(H,29,32)/t26-/m1/s1. The molecule has 0 heterocycles. The van der Waals surface area contributed by atoms with Gasteiger partial charge in [-0.3, -0.25) is 9.59 Å². The molecule has 1 atom stereocenters. The first-order valence-electron chi connectivity index (χ1n) is 12.3. The number of carbonyl (C=O) groups is 2. The lowest BCUT2D eigenvalue weighted by Crippen LogP contribution is -2.52. The normalized spacial score (nSPS) is 15.1. The van der Waals surface area contributed by atoms with Gasteiger partial charge in [-0.05, 0) is 43.7 Å². The third-order valence-electron chi connectivity index (χ3n) is 6.44. The molecule has 2 aromatic carbocycles. The quantitative estimate of drug-likeness (QED) is 0.474. The van der Waals surface area contributed by atoms with Crippen LogP contribution in [-0.2, 0) is 21.8 Å². The SMILES string of the molecule is CC[C@H](C(=O)NC1CCCCC1)N(CCc1ccccc1)C(=O)CSCc1ccc(C)cc1. The van der Waals surface area contributed by atoms with E-state index >= 15 is 0 Å². The molecule has 2 aromatic rings. The number of thioether (sulfide) groups is 1. The Kier molecular flexibility index (Phi) is 10.3. The molecule has 1 N–H and O–H groups in total. The van der Waals surface area contributed by atoms with E-state index in [1.807, 2.05) is 30.0 Å². The topological polar surface area (TPSA) is 49.4 Å². The monoisotopic (exact) mass is 466 g/mol. The number of nitrogens with zero attached hydrogens (tertiary/aromatic N) is 1. The first-order valence-corrected chi connectivity index (χ1v) is 13.5. The van der Waals surface area contributed by atoms with Crippen molar-refractivity contribution in [2.24, 2.45) is 0 Å². The van der Waals surface area contributed by atoms with Gasteiger partial charge in [0.05, 0.1) is 5.75 Å². The molecule has 2 amide bonds. The maximum absolute atomic E-state index is 13.3. The van der Waals surface area contributed by atoms with Gasteiger partial charge in [-0.15, -0.1) is 11.8 Å². The zero-order chi connectivity index (χ0) is 23.5. The van der Waals surface area contributed by atoms with Crippen LogP contribution in [0.4, 0.5) is 0 Å². The fraction of sp³-hybridized carbons (Fsp3) is 0.500. The van der Waals surface area contributed by atoms with E-state index in [4.69, 9.17) is 0 Å². The Labute approximate surface area is 203 Å². The Morgan fingerprint density at radius 2 is 1.70 bits per heavy atom. The van der Waals surface area contributed by atoms with Crippen LogP contribution in [0.2, 0.25) is 0 Å². The van der Waals surface area contributed by atoms with Crippen LogP contribution in [0.25, 0.3) is 0 Å². The summed E-state index contributed by atoms with van der Waals surface area (Å²) in [4.78, 5) is 28.4. The summed E-state index contributed by atoms with van der Waals surface area (Å²) >= 11 is 1.62. The average molecular weight is 467 g/mol. The van der Waals surface area contributed by atoms with Crippen LogP contribution in [0.3, 0.4) is 0 Å². The predicted octanol–water partition coefficient (Wildman–Crippen LogP) is 5.53. The molecule has 5 heteroatoms. The number of hydrogen-bond donors (Lipinski definition) is 1. The largest absolute Gasteiger partial charge is 0.352 e. The summed E-state index contributed by atoms with van der Waals surface area (Å²) in [6, 6.07) is 18.5. The zero-order valence-corrected chi connectivity index (χ0v) is 20.9. The molecule has 3 rings (SSSR count). The molecular weight excluding hydrogens is 428 g/mol. The van der Waals surface area contributed by atoms with E-state index in [0.717, 1.165) is 25.0 Å². The molecule has 178 valence electrons. The summed E-state index contributed by atoms with van der Waals surface area (Å²) in [7, 11) is 0. The lowest BCUT2D eigenvalue weighted by atomic mass is 9.95. The summed E-state index contributed by atoms with van der Waals surface area (Å²) in [5.41, 5.74) is 3.64. The van der Waals surface area contributed by atoms with Crippen molar-refractivity contribution in [2.45, 2.75) is 76.6 Å². The van der Waals surface area contributed by atoms with Gasteiger partial charge in [0.15, 0.2) is 0 Å². The van der Waals surface area contributed by atoms with Crippen molar-refractivity contribution in [3.05, 3.63) is 71.3 Å². The fourth-order valence-corrected chi connectivity index (χ4v) is 5.33. The van der Waals surface area contributed by atoms with E-state index in [9.17, 15) is 9.59 Å². The third-order valence-corrected chi connectivity index (χ3v) is 7.43. The summed E-state index contributed by atoms with van der Waals surface area (Å²) < 4.78 is 0. The van der Waals surface area contributed by atoms with Gasteiger partial charge >= 0.3 is 0 Å². The number of aryl methyl sites for hydroxylation is 1. The van der Waals surface area contributed by atoms with Crippen molar-refractivity contribution in [2.75, 3.05) is 12.3 Å². The smallest absolute Gasteiger partial charge is 0.243 e. The minimum atomic E-state index is -0.414. The van der Waals surface area contributed by atoms with Crippen LogP contribution in [-0.4, -0.2) is 41.1 Å². The second kappa shape index (κ2) is 13.4. The maximum atomic E-state index is 13.3. The number of nitrogens with one attached hydrogen (secondary N) is 1. The van der Waals surface area contributed by atoms with Gasteiger partial charge in [0.25, 0.3) is 0 Å². The molecule has 1 fully saturated rings. The first kappa shape index (κ1) is 25.4. The highest BCUT2D eigenvalue weighted by Gasteiger charge is 2.29. The van der Waals surface area contributed by atoms with Crippen LogP contribution in [0.5, 0.6) is 0 Å². The van der Waals surface area contributed by atoms with Crippen molar-refractivity contribution in [1.29, 1.82) is 0 Å². The predicted molar refractivity (Wildman–Crippen MR) is 138 cm³/mol. The van der Waals surface area contributed by atoms with Crippen LogP contribution in [0.15, 0.2) is 54.6 Å². The molecule has 0 bridgehead atoms. The molecule has 1 aliphatic carbocycles. The highest BCUT2D eigenvalue weighted by molar-refractivity contribution is 7.99. The lowest BCUT2D eigenvalue weighted by molar-refractivity contribution is -0.139. The average Bonchev–Trinajstić information content (AvgIpc) is 2.84. The Morgan fingerprint density at radius 3 is 2.36 bits per heavy atom. The molecule has 0 saturated heterocycles. The van der Waals surface area contributed by atoms with E-state index in [2.05, 4.69) is 48.6 Å². The molecule has 4 nitrogen and oxygen atoms in total. The number of hydrogen-bond acceptors (Lipinski definition) is 3. The van der Waals surface area contributed by atoms with Crippen LogP contribution in [0.1, 0.15) is 62.1 Å². The maximum Gasteiger partial charge on any atom is 0.243 e. The number of benzene rings is 2. The minimum absolute atomic E-state index is 0.00865. The van der Waals surface area contributed by atoms with Crippen molar-refractivity contribution in [1.82, 2.24) is 10.2 Å². The van der Waals surface area contributed by atoms with Crippen molar-refractivity contribution >= 4 is 23.6 Å². The highest BCUT2D eigenvalue weighted by atomic mass is 32.2. The Bertz CT molecular complexity index is 863. The van der Waals surface area contributed by atoms with E-state index < -0.39 is 6.04 Å². The summed E-state index contributed by atoms with van der Waals surface area (Å²) in [5.74, 6) is 1.24. The summed E-state index contributed by atoms with van der Waals surface area (Å²) in [6.07, 6.45) is 7.08. The number of amides is 2. The molecule has 1 aliphatic rings. The summed E-state index contributed by atoms with van der Waals surface area (Å²) in [6.45, 7) is 4.65. The van der Waals surface area contributed by atoms with Gasteiger partial charge < -0.3 is 10.2 Å². The van der Waals surface area contributed by atoms with E-state index in [0.29, 0.717) is 18.7 Å². The van der Waals surface area contributed by atoms with Crippen LogP contribution >= 0.6 is 11.8 Å². The van der Waals surface area contributed by atoms with Crippen molar-refractivity contribution in [3.8, 4) is 0 Å². The molecule has 0 radical (unpaired) electrons. The Hall–Kier alpha value is -2.27. The molecule has 0 unspecified atom stereocenters. The van der Waals surface area contributed by atoms with E-state index in [1.165, 1.54) is 36.0 Å². The molecular formula is C28H38N2O2S. The Morgan fingerprint density at radius 1 is 1.00 bits per heavy atom. The van der Waals surface area contributed by atoms with Gasteiger partial charge in [0.1, 0.15) is 6.04 Å². The van der Waals surface area contributed by atoms with Gasteiger partial charge in [-0.25, -0.2) is 0 Å². The van der Waals surface area contributed by atoms with Crippen LogP contribution < -0.4 is 5.32 Å². The molecule has 0 spiro atoms. The third kappa shape index (κ3) is 8.22. The van der Waals surface area contributed by atoms with Crippen molar-refractivity contribution in [3.63, 3.8) is 0 Å². The number of rotatable bonds is 11. The second-order valence-corrected chi connectivity index (χ2v) is 10.1. The van der Waals surface area contributed by atoms with Gasteiger partial charge in [0.2, 0.25) is 11.8 Å². The number of carbonyl (C=O) groups excluding carboxylic acids is 2. The fourth-order valence-electron chi connectivity index (χ4n) is 4.46. The molecule has 1 saturated carbocycles. The first-order chi connectivity index (χ1) is 16.1. The van der Waals surface area contributed by atoms with E-state index in [-0.39, 0.29) is 17.9 Å². The molecule has 33 heavy (non-hydrogen) atoms. The van der Waals surface area contributed by atoms with Gasteiger partial charge in [0, 0.05) is 18.3 Å². The zero-order valence-electron chi connectivity index (χ0n) is 20.1. The molecule has 0 aliphatic heterocycles. The minimum Gasteiger partial charge on any atom is -0.352 e.